The third-order valence-electron chi connectivity index (χ3n) is 2.72. The third-order valence-corrected chi connectivity index (χ3v) is 3.58. The summed E-state index contributed by atoms with van der Waals surface area (Å²) in [6, 6.07) is 7.66. The number of aromatic nitrogens is 2. The molecule has 0 unspecified atom stereocenters. The number of ether oxygens (including phenoxy) is 1. The van der Waals surface area contributed by atoms with Gasteiger partial charge in [-0.15, -0.1) is 0 Å². The largest absolute Gasteiger partial charge is 0.377 e. The van der Waals surface area contributed by atoms with Crippen molar-refractivity contribution in [3.05, 3.63) is 40.1 Å². The monoisotopic (exact) mass is 337 g/mol. The molecule has 0 aliphatic rings. The Balaban J connectivity index is 2.32. The molecule has 0 fully saturated rings. The third kappa shape index (κ3) is 3.44. The number of nitrogens with two attached hydrogens (primary N) is 1. The van der Waals surface area contributed by atoms with E-state index < -0.39 is 0 Å². The molecule has 0 amide bonds. The van der Waals surface area contributed by atoms with Crippen LogP contribution in [0.15, 0.2) is 28.7 Å². The van der Waals surface area contributed by atoms with Crippen molar-refractivity contribution < 1.29 is 4.74 Å². The molecule has 1 heterocycles. The summed E-state index contributed by atoms with van der Waals surface area (Å²) in [4.78, 5) is 8.58. The minimum absolute atomic E-state index is 0.321. The van der Waals surface area contributed by atoms with Gasteiger partial charge in [0.15, 0.2) is 5.82 Å². The minimum atomic E-state index is 0.321. The zero-order valence-corrected chi connectivity index (χ0v) is 12.9. The average Bonchev–Trinajstić information content (AvgIpc) is 2.44. The number of hydrogen-bond acceptors (Lipinski definition) is 6. The molecule has 2 aromatic rings. The van der Waals surface area contributed by atoms with Crippen LogP contribution in [0.5, 0.6) is 0 Å². The van der Waals surface area contributed by atoms with E-state index in [9.17, 15) is 0 Å². The van der Waals surface area contributed by atoms with Crippen LogP contribution in [0.3, 0.4) is 0 Å². The molecular formula is C13H16BrN5O. The normalized spacial score (nSPS) is 10.4. The fourth-order valence-electron chi connectivity index (χ4n) is 1.71. The van der Waals surface area contributed by atoms with Crippen molar-refractivity contribution in [2.24, 2.45) is 5.84 Å². The second-order valence-electron chi connectivity index (χ2n) is 4.17. The predicted molar refractivity (Wildman–Crippen MR) is 82.7 cm³/mol. The van der Waals surface area contributed by atoms with Crippen molar-refractivity contribution in [3.63, 3.8) is 0 Å². The Labute approximate surface area is 125 Å². The molecular weight excluding hydrogens is 322 g/mol. The molecule has 0 saturated carbocycles. The highest BCUT2D eigenvalue weighted by molar-refractivity contribution is 9.10. The molecule has 4 N–H and O–H groups in total. The zero-order valence-electron chi connectivity index (χ0n) is 11.3. The number of hydrogen-bond donors (Lipinski definition) is 3. The van der Waals surface area contributed by atoms with Gasteiger partial charge in [0.25, 0.3) is 0 Å². The molecule has 0 aliphatic carbocycles. The number of nitrogens with one attached hydrogen (secondary N) is 2. The van der Waals surface area contributed by atoms with E-state index in [2.05, 4.69) is 36.6 Å². The van der Waals surface area contributed by atoms with E-state index in [0.717, 1.165) is 15.7 Å². The van der Waals surface area contributed by atoms with Crippen LogP contribution in [-0.4, -0.2) is 17.1 Å². The summed E-state index contributed by atoms with van der Waals surface area (Å²) < 4.78 is 6.08. The van der Waals surface area contributed by atoms with Crippen LogP contribution in [0.4, 0.5) is 17.3 Å². The lowest BCUT2D eigenvalue weighted by Crippen LogP contribution is -2.12. The summed E-state index contributed by atoms with van der Waals surface area (Å²) in [5, 5.41) is 3.25. The lowest BCUT2D eigenvalue weighted by atomic mass is 10.2. The molecule has 0 radical (unpaired) electrons. The first kappa shape index (κ1) is 14.7. The SMILES string of the molecule is COCc1nc(NN)cc(Nc2cccc(Br)c2C)n1. The summed E-state index contributed by atoms with van der Waals surface area (Å²) >= 11 is 3.50. The number of methoxy groups -OCH3 is 1. The van der Waals surface area contributed by atoms with Crippen LogP contribution in [-0.2, 0) is 11.3 Å². The first-order chi connectivity index (χ1) is 9.63. The van der Waals surface area contributed by atoms with Crippen molar-refractivity contribution in [1.82, 2.24) is 9.97 Å². The standard InChI is InChI=1S/C13H16BrN5O/c1-8-9(14)4-3-5-10(8)16-11-6-12(19-15)18-13(17-11)7-20-2/h3-6H,7,15H2,1-2H3,(H2,16,17,18,19). The number of benzene rings is 1. The summed E-state index contributed by atoms with van der Waals surface area (Å²) in [5.74, 6) is 7.15. The Morgan fingerprint density at radius 2 is 2.05 bits per heavy atom. The second-order valence-corrected chi connectivity index (χ2v) is 5.02. The molecule has 7 heteroatoms. The van der Waals surface area contributed by atoms with E-state index in [-0.39, 0.29) is 0 Å². The van der Waals surface area contributed by atoms with Crippen LogP contribution < -0.4 is 16.6 Å². The first-order valence-corrected chi connectivity index (χ1v) is 6.79. The fourth-order valence-corrected chi connectivity index (χ4v) is 2.08. The number of nitrogen functional groups attached to an aromatic ring is 1. The van der Waals surface area contributed by atoms with Gasteiger partial charge >= 0.3 is 0 Å². The van der Waals surface area contributed by atoms with Gasteiger partial charge in [-0.05, 0) is 24.6 Å². The predicted octanol–water partition coefficient (Wildman–Crippen LogP) is 2.72. The second kappa shape index (κ2) is 6.65. The number of nitrogens with zero attached hydrogens (tertiary/aromatic N) is 2. The quantitative estimate of drug-likeness (QED) is 0.574. The van der Waals surface area contributed by atoms with Crippen LogP contribution in [0, 0.1) is 6.92 Å². The van der Waals surface area contributed by atoms with Crippen molar-refractivity contribution in [2.75, 3.05) is 17.9 Å². The number of hydrazine groups is 1. The molecule has 0 saturated heterocycles. The molecule has 0 aliphatic heterocycles. The smallest absolute Gasteiger partial charge is 0.158 e. The number of anilines is 3. The zero-order chi connectivity index (χ0) is 14.5. The van der Waals surface area contributed by atoms with Crippen molar-refractivity contribution in [1.29, 1.82) is 0 Å². The number of halogens is 1. The van der Waals surface area contributed by atoms with Crippen LogP contribution >= 0.6 is 15.9 Å². The number of rotatable bonds is 5. The van der Waals surface area contributed by atoms with Gasteiger partial charge in [0.1, 0.15) is 18.2 Å². The van der Waals surface area contributed by atoms with Crippen molar-refractivity contribution in [3.8, 4) is 0 Å². The van der Waals surface area contributed by atoms with E-state index in [1.54, 1.807) is 13.2 Å². The fraction of sp³-hybridized carbons (Fsp3) is 0.231. The van der Waals surface area contributed by atoms with Crippen molar-refractivity contribution in [2.45, 2.75) is 13.5 Å². The Hall–Kier alpha value is -1.70. The molecule has 20 heavy (non-hydrogen) atoms. The van der Waals surface area contributed by atoms with E-state index in [4.69, 9.17) is 10.6 Å². The van der Waals surface area contributed by atoms with E-state index in [1.165, 1.54) is 0 Å². The maximum absolute atomic E-state index is 5.41. The van der Waals surface area contributed by atoms with Crippen molar-refractivity contribution >= 4 is 33.3 Å². The Bertz CT molecular complexity index is 605. The molecule has 0 bridgehead atoms. The van der Waals surface area contributed by atoms with Crippen LogP contribution in [0.25, 0.3) is 0 Å². The van der Waals surface area contributed by atoms with E-state index in [0.29, 0.717) is 24.1 Å². The van der Waals surface area contributed by atoms with Gasteiger partial charge in [-0.3, -0.25) is 0 Å². The highest BCUT2D eigenvalue weighted by Crippen LogP contribution is 2.26. The molecule has 1 aromatic heterocycles. The lowest BCUT2D eigenvalue weighted by Gasteiger charge is -2.12. The molecule has 0 spiro atoms. The highest BCUT2D eigenvalue weighted by atomic mass is 79.9. The highest BCUT2D eigenvalue weighted by Gasteiger charge is 2.07. The maximum atomic E-state index is 5.41. The van der Waals surface area contributed by atoms with Gasteiger partial charge in [-0.1, -0.05) is 22.0 Å². The van der Waals surface area contributed by atoms with Gasteiger partial charge in [-0.25, -0.2) is 15.8 Å². The van der Waals surface area contributed by atoms with Gasteiger partial charge in [0.05, 0.1) is 0 Å². The first-order valence-electron chi connectivity index (χ1n) is 5.99. The molecule has 0 atom stereocenters. The van der Waals surface area contributed by atoms with Gasteiger partial charge < -0.3 is 15.5 Å². The Kier molecular flexibility index (Phi) is 4.89. The molecule has 106 valence electrons. The Morgan fingerprint density at radius 1 is 1.30 bits per heavy atom. The van der Waals surface area contributed by atoms with Gasteiger partial charge in [-0.2, -0.15) is 0 Å². The molecule has 6 nitrogen and oxygen atoms in total. The summed E-state index contributed by atoms with van der Waals surface area (Å²) in [7, 11) is 1.59. The van der Waals surface area contributed by atoms with Crippen LogP contribution in [0.2, 0.25) is 0 Å². The van der Waals surface area contributed by atoms with E-state index in [1.807, 2.05) is 25.1 Å². The van der Waals surface area contributed by atoms with Gasteiger partial charge in [0.2, 0.25) is 0 Å². The van der Waals surface area contributed by atoms with Gasteiger partial charge in [0, 0.05) is 23.3 Å². The van der Waals surface area contributed by atoms with Crippen LogP contribution in [0.1, 0.15) is 11.4 Å². The maximum Gasteiger partial charge on any atom is 0.158 e. The summed E-state index contributed by atoms with van der Waals surface area (Å²) in [6.45, 7) is 2.34. The average molecular weight is 338 g/mol. The molecule has 2 rings (SSSR count). The lowest BCUT2D eigenvalue weighted by molar-refractivity contribution is 0.178. The Morgan fingerprint density at radius 3 is 2.75 bits per heavy atom. The topological polar surface area (TPSA) is 85.1 Å². The van der Waals surface area contributed by atoms with E-state index >= 15 is 0 Å². The minimum Gasteiger partial charge on any atom is -0.377 e. The summed E-state index contributed by atoms with van der Waals surface area (Å²) in [5.41, 5.74) is 4.58. The molecule has 1 aromatic carbocycles. The summed E-state index contributed by atoms with van der Waals surface area (Å²) in [6.07, 6.45) is 0.